The van der Waals surface area contributed by atoms with Crippen molar-refractivity contribution in [3.8, 4) is 6.07 Å². The fourth-order valence-corrected chi connectivity index (χ4v) is 5.15. The topological polar surface area (TPSA) is 74.5 Å². The van der Waals surface area contributed by atoms with Crippen molar-refractivity contribution in [2.45, 2.75) is 51.0 Å². The van der Waals surface area contributed by atoms with Crippen LogP contribution in [-0.4, -0.2) is 21.0 Å². The molecule has 2 aromatic heterocycles. The molecular weight excluding hydrogens is 413 g/mol. The van der Waals surface area contributed by atoms with Crippen molar-refractivity contribution in [3.63, 3.8) is 0 Å². The molecule has 5 nitrogen and oxygen atoms in total. The first-order chi connectivity index (χ1) is 16.1. The van der Waals surface area contributed by atoms with Crippen LogP contribution in [0.25, 0.3) is 21.8 Å². The number of hydrogen-bond acceptors (Lipinski definition) is 5. The number of rotatable bonds is 5. The number of aromatic nitrogens is 3. The van der Waals surface area contributed by atoms with E-state index in [9.17, 15) is 4.39 Å². The summed E-state index contributed by atoms with van der Waals surface area (Å²) in [7, 11) is 0. The Morgan fingerprint density at radius 2 is 1.91 bits per heavy atom. The highest BCUT2D eigenvalue weighted by atomic mass is 19.1. The molecule has 5 rings (SSSR count). The molecular formula is C27H26FN5. The van der Waals surface area contributed by atoms with Gasteiger partial charge in [-0.1, -0.05) is 0 Å². The normalized spacial score (nSPS) is 19.3. The lowest BCUT2D eigenvalue weighted by Crippen LogP contribution is -2.23. The number of fused-ring (bicyclic) bond motifs is 2. The predicted octanol–water partition coefficient (Wildman–Crippen LogP) is 6.35. The molecule has 0 bridgehead atoms. The van der Waals surface area contributed by atoms with E-state index in [0.29, 0.717) is 23.3 Å². The van der Waals surface area contributed by atoms with Gasteiger partial charge in [0.25, 0.3) is 0 Å². The Balaban J connectivity index is 1.21. The SMILES string of the molecule is C[C@H](CC1CCC(c2ccnc3ccc(F)cc23)CC1)Nc1ncc2ccc(C#N)cc2n1. The molecule has 4 aromatic rings. The molecule has 1 fully saturated rings. The summed E-state index contributed by atoms with van der Waals surface area (Å²) in [6, 6.07) is 14.8. The number of nitrogens with one attached hydrogen (secondary N) is 1. The van der Waals surface area contributed by atoms with Gasteiger partial charge in [0.15, 0.2) is 0 Å². The second-order valence-corrected chi connectivity index (χ2v) is 9.14. The summed E-state index contributed by atoms with van der Waals surface area (Å²) < 4.78 is 13.8. The summed E-state index contributed by atoms with van der Waals surface area (Å²) in [6.45, 7) is 2.17. The first kappa shape index (κ1) is 21.3. The Labute approximate surface area is 192 Å². The first-order valence-corrected chi connectivity index (χ1v) is 11.6. The van der Waals surface area contributed by atoms with Crippen molar-refractivity contribution < 1.29 is 4.39 Å². The van der Waals surface area contributed by atoms with Gasteiger partial charge in [0.1, 0.15) is 5.82 Å². The van der Waals surface area contributed by atoms with Gasteiger partial charge in [-0.3, -0.25) is 4.98 Å². The second-order valence-electron chi connectivity index (χ2n) is 9.14. The number of hydrogen-bond donors (Lipinski definition) is 1. The summed E-state index contributed by atoms with van der Waals surface area (Å²) in [6.07, 6.45) is 9.22. The first-order valence-electron chi connectivity index (χ1n) is 11.6. The van der Waals surface area contributed by atoms with Crippen LogP contribution in [0.15, 0.2) is 54.9 Å². The van der Waals surface area contributed by atoms with Crippen molar-refractivity contribution in [2.24, 2.45) is 5.92 Å². The summed E-state index contributed by atoms with van der Waals surface area (Å²) in [5, 5.41) is 14.4. The van der Waals surface area contributed by atoms with Crippen LogP contribution in [0.5, 0.6) is 0 Å². The van der Waals surface area contributed by atoms with Crippen molar-refractivity contribution in [1.82, 2.24) is 15.0 Å². The van der Waals surface area contributed by atoms with Gasteiger partial charge in [-0.15, -0.1) is 0 Å². The highest BCUT2D eigenvalue weighted by Crippen LogP contribution is 2.39. The summed E-state index contributed by atoms with van der Waals surface area (Å²) in [5.74, 6) is 1.49. The molecule has 1 aliphatic rings. The van der Waals surface area contributed by atoms with Gasteiger partial charge in [-0.05, 0) is 98.9 Å². The van der Waals surface area contributed by atoms with Crippen LogP contribution in [0.3, 0.4) is 0 Å². The molecule has 0 unspecified atom stereocenters. The Morgan fingerprint density at radius 1 is 1.06 bits per heavy atom. The van der Waals surface area contributed by atoms with Crippen LogP contribution >= 0.6 is 0 Å². The molecule has 1 saturated carbocycles. The van der Waals surface area contributed by atoms with Crippen molar-refractivity contribution in [2.75, 3.05) is 5.32 Å². The van der Waals surface area contributed by atoms with Gasteiger partial charge < -0.3 is 5.32 Å². The molecule has 0 aliphatic heterocycles. The maximum Gasteiger partial charge on any atom is 0.223 e. The fourth-order valence-electron chi connectivity index (χ4n) is 5.15. The second kappa shape index (κ2) is 9.11. The van der Waals surface area contributed by atoms with Gasteiger partial charge in [-0.25, -0.2) is 14.4 Å². The van der Waals surface area contributed by atoms with Crippen LogP contribution in [0.1, 0.15) is 56.1 Å². The number of halogens is 1. The van der Waals surface area contributed by atoms with Crippen LogP contribution in [0, 0.1) is 23.1 Å². The number of anilines is 1. The van der Waals surface area contributed by atoms with E-state index in [1.807, 2.05) is 12.3 Å². The number of benzene rings is 2. The Hall–Kier alpha value is -3.59. The lowest BCUT2D eigenvalue weighted by molar-refractivity contribution is 0.302. The van der Waals surface area contributed by atoms with E-state index in [-0.39, 0.29) is 11.9 Å². The minimum absolute atomic E-state index is 0.204. The van der Waals surface area contributed by atoms with Crippen LogP contribution in [0.2, 0.25) is 0 Å². The zero-order valence-corrected chi connectivity index (χ0v) is 18.6. The van der Waals surface area contributed by atoms with E-state index in [1.165, 1.54) is 11.6 Å². The molecule has 1 atom stereocenters. The quantitative estimate of drug-likeness (QED) is 0.392. The number of nitriles is 1. The third-order valence-electron chi connectivity index (χ3n) is 6.80. The molecule has 2 aromatic carbocycles. The zero-order chi connectivity index (χ0) is 22.8. The van der Waals surface area contributed by atoms with Gasteiger partial charge in [0.05, 0.1) is 22.7 Å². The van der Waals surface area contributed by atoms with Crippen molar-refractivity contribution in [3.05, 3.63) is 71.8 Å². The number of pyridine rings is 1. The van der Waals surface area contributed by atoms with E-state index >= 15 is 0 Å². The minimum atomic E-state index is -0.204. The monoisotopic (exact) mass is 439 g/mol. The van der Waals surface area contributed by atoms with E-state index in [0.717, 1.165) is 53.9 Å². The molecule has 33 heavy (non-hydrogen) atoms. The zero-order valence-electron chi connectivity index (χ0n) is 18.6. The third-order valence-corrected chi connectivity index (χ3v) is 6.80. The molecule has 0 amide bonds. The van der Waals surface area contributed by atoms with E-state index in [4.69, 9.17) is 5.26 Å². The van der Waals surface area contributed by atoms with Crippen molar-refractivity contribution >= 4 is 27.8 Å². The van der Waals surface area contributed by atoms with Gasteiger partial charge >= 0.3 is 0 Å². The molecule has 1 N–H and O–H groups in total. The van der Waals surface area contributed by atoms with E-state index < -0.39 is 0 Å². The average molecular weight is 440 g/mol. The highest BCUT2D eigenvalue weighted by molar-refractivity contribution is 5.82. The van der Waals surface area contributed by atoms with Gasteiger partial charge in [0, 0.05) is 29.2 Å². The van der Waals surface area contributed by atoms with Crippen LogP contribution in [0.4, 0.5) is 10.3 Å². The predicted molar refractivity (Wildman–Crippen MR) is 128 cm³/mol. The lowest BCUT2D eigenvalue weighted by atomic mass is 9.76. The molecule has 0 saturated heterocycles. The Bertz CT molecular complexity index is 1340. The summed E-state index contributed by atoms with van der Waals surface area (Å²) in [5.41, 5.74) is 3.47. The average Bonchev–Trinajstić information content (AvgIpc) is 2.83. The highest BCUT2D eigenvalue weighted by Gasteiger charge is 2.25. The van der Waals surface area contributed by atoms with E-state index in [1.54, 1.807) is 30.5 Å². The maximum absolute atomic E-state index is 13.8. The molecule has 0 spiro atoms. The minimum Gasteiger partial charge on any atom is -0.352 e. The molecule has 0 radical (unpaired) electrons. The molecule has 166 valence electrons. The maximum atomic E-state index is 13.8. The Kier molecular flexibility index (Phi) is 5.87. The van der Waals surface area contributed by atoms with Crippen molar-refractivity contribution in [1.29, 1.82) is 5.26 Å². The summed E-state index contributed by atoms with van der Waals surface area (Å²) in [4.78, 5) is 13.4. The fraction of sp³-hybridized carbons (Fsp3) is 0.333. The van der Waals surface area contributed by atoms with Gasteiger partial charge in [-0.2, -0.15) is 5.26 Å². The standard InChI is InChI=1S/C27H26FN5/c1-17(32-27-31-16-21-7-4-19(15-29)13-26(21)33-27)12-18-2-5-20(6-3-18)23-10-11-30-25-9-8-22(28)14-24(23)25/h4,7-11,13-14,16-18,20H,2-3,5-6,12H2,1H3,(H,31,32,33)/t17-,18?,20?/m1/s1. The molecule has 2 heterocycles. The van der Waals surface area contributed by atoms with Crippen LogP contribution < -0.4 is 5.32 Å². The summed E-state index contributed by atoms with van der Waals surface area (Å²) >= 11 is 0. The third kappa shape index (κ3) is 4.63. The smallest absolute Gasteiger partial charge is 0.223 e. The molecule has 6 heteroatoms. The lowest BCUT2D eigenvalue weighted by Gasteiger charge is -2.31. The largest absolute Gasteiger partial charge is 0.352 e. The van der Waals surface area contributed by atoms with E-state index in [2.05, 4.69) is 39.3 Å². The molecule has 1 aliphatic carbocycles. The Morgan fingerprint density at radius 3 is 2.73 bits per heavy atom. The van der Waals surface area contributed by atoms with Gasteiger partial charge in [0.2, 0.25) is 5.95 Å². The number of nitrogens with zero attached hydrogens (tertiary/aromatic N) is 4. The van der Waals surface area contributed by atoms with Crippen LogP contribution in [-0.2, 0) is 0 Å².